The minimum atomic E-state index is -0.604. The second-order valence-corrected chi connectivity index (χ2v) is 4.86. The molecule has 1 aromatic heterocycles. The lowest BCUT2D eigenvalue weighted by Crippen LogP contribution is -2.10. The molecule has 0 unspecified atom stereocenters. The van der Waals surface area contributed by atoms with Crippen LogP contribution in [0.1, 0.15) is 26.3 Å². The first kappa shape index (κ1) is 15.7. The van der Waals surface area contributed by atoms with Crippen molar-refractivity contribution >= 4 is 5.69 Å². The van der Waals surface area contributed by atoms with Crippen LogP contribution in [0.15, 0.2) is 30.6 Å². The Labute approximate surface area is 128 Å². The van der Waals surface area contributed by atoms with E-state index in [1.807, 2.05) is 19.1 Å². The zero-order valence-corrected chi connectivity index (χ0v) is 12.6. The van der Waals surface area contributed by atoms with Crippen LogP contribution >= 0.6 is 0 Å². The standard InChI is InChI=1S/C15H17N3O4/c1-4-11-5-7-12(8-6-11)22-15-13(18(19)20)14(16-9-17-15)21-10(2)3/h5-10H,4H2,1-3H3. The topological polar surface area (TPSA) is 87.4 Å². The van der Waals surface area contributed by atoms with Gasteiger partial charge in [0.05, 0.1) is 11.0 Å². The molecule has 0 bridgehead atoms. The number of hydrogen-bond acceptors (Lipinski definition) is 6. The van der Waals surface area contributed by atoms with Gasteiger partial charge in [-0.15, -0.1) is 0 Å². The molecule has 0 saturated heterocycles. The van der Waals surface area contributed by atoms with Crippen LogP contribution in [-0.4, -0.2) is 21.0 Å². The number of hydrogen-bond donors (Lipinski definition) is 0. The molecule has 7 heteroatoms. The Hall–Kier alpha value is -2.70. The number of benzene rings is 1. The Morgan fingerprint density at radius 1 is 1.18 bits per heavy atom. The van der Waals surface area contributed by atoms with Crippen LogP contribution in [-0.2, 0) is 6.42 Å². The summed E-state index contributed by atoms with van der Waals surface area (Å²) >= 11 is 0. The summed E-state index contributed by atoms with van der Waals surface area (Å²) in [5.74, 6) is 0.226. The molecule has 0 fully saturated rings. The summed E-state index contributed by atoms with van der Waals surface area (Å²) in [6.07, 6.45) is 1.84. The largest absolute Gasteiger partial charge is 0.470 e. The zero-order valence-electron chi connectivity index (χ0n) is 12.6. The first-order valence-electron chi connectivity index (χ1n) is 6.94. The van der Waals surface area contributed by atoms with E-state index in [0.29, 0.717) is 5.75 Å². The van der Waals surface area contributed by atoms with Gasteiger partial charge in [-0.05, 0) is 38.0 Å². The van der Waals surface area contributed by atoms with Crippen molar-refractivity contribution < 1.29 is 14.4 Å². The first-order chi connectivity index (χ1) is 10.5. The molecule has 7 nitrogen and oxygen atoms in total. The number of nitrogens with zero attached hydrogens (tertiary/aromatic N) is 3. The van der Waals surface area contributed by atoms with Crippen LogP contribution in [0.4, 0.5) is 5.69 Å². The summed E-state index contributed by atoms with van der Waals surface area (Å²) in [7, 11) is 0. The van der Waals surface area contributed by atoms with Gasteiger partial charge in [0.15, 0.2) is 0 Å². The summed E-state index contributed by atoms with van der Waals surface area (Å²) < 4.78 is 10.9. The van der Waals surface area contributed by atoms with E-state index in [2.05, 4.69) is 9.97 Å². The normalized spacial score (nSPS) is 10.5. The Bertz CT molecular complexity index is 656. The highest BCUT2D eigenvalue weighted by molar-refractivity contribution is 5.50. The lowest BCUT2D eigenvalue weighted by atomic mass is 10.2. The van der Waals surface area contributed by atoms with Gasteiger partial charge in [0.2, 0.25) is 0 Å². The maximum Gasteiger partial charge on any atom is 0.392 e. The van der Waals surface area contributed by atoms with Gasteiger partial charge in [0.25, 0.3) is 0 Å². The molecule has 2 rings (SSSR count). The maximum atomic E-state index is 11.3. The van der Waals surface area contributed by atoms with E-state index in [1.165, 1.54) is 6.33 Å². The van der Waals surface area contributed by atoms with E-state index >= 15 is 0 Å². The molecule has 0 aliphatic rings. The molecule has 22 heavy (non-hydrogen) atoms. The molecule has 2 aromatic rings. The minimum Gasteiger partial charge on any atom is -0.470 e. The lowest BCUT2D eigenvalue weighted by Gasteiger charge is -2.10. The van der Waals surface area contributed by atoms with Crippen LogP contribution < -0.4 is 9.47 Å². The summed E-state index contributed by atoms with van der Waals surface area (Å²) in [5, 5.41) is 11.3. The average molecular weight is 303 g/mol. The highest BCUT2D eigenvalue weighted by atomic mass is 16.6. The molecule has 0 atom stereocenters. The predicted molar refractivity (Wildman–Crippen MR) is 80.3 cm³/mol. The molecular weight excluding hydrogens is 286 g/mol. The monoisotopic (exact) mass is 303 g/mol. The number of nitro groups is 1. The molecule has 1 heterocycles. The van der Waals surface area contributed by atoms with Crippen molar-refractivity contribution in [3.05, 3.63) is 46.3 Å². The third-order valence-electron chi connectivity index (χ3n) is 2.83. The van der Waals surface area contributed by atoms with Crippen LogP contribution in [0, 0.1) is 10.1 Å². The van der Waals surface area contributed by atoms with Crippen molar-refractivity contribution in [1.29, 1.82) is 0 Å². The number of rotatable bonds is 6. The third-order valence-corrected chi connectivity index (χ3v) is 2.83. The van der Waals surface area contributed by atoms with Gasteiger partial charge in [-0.3, -0.25) is 10.1 Å². The average Bonchev–Trinajstić information content (AvgIpc) is 2.47. The Morgan fingerprint density at radius 3 is 2.36 bits per heavy atom. The van der Waals surface area contributed by atoms with E-state index in [1.54, 1.807) is 26.0 Å². The number of aryl methyl sites for hydroxylation is 1. The predicted octanol–water partition coefficient (Wildman–Crippen LogP) is 3.53. The first-order valence-corrected chi connectivity index (χ1v) is 6.94. The van der Waals surface area contributed by atoms with Crippen LogP contribution in [0.25, 0.3) is 0 Å². The fourth-order valence-corrected chi connectivity index (χ4v) is 1.79. The second-order valence-electron chi connectivity index (χ2n) is 4.86. The molecule has 0 spiro atoms. The lowest BCUT2D eigenvalue weighted by molar-refractivity contribution is -0.387. The number of aromatic nitrogens is 2. The Balaban J connectivity index is 2.34. The summed E-state index contributed by atoms with van der Waals surface area (Å²) in [5.41, 5.74) is 0.768. The van der Waals surface area contributed by atoms with Crippen molar-refractivity contribution in [1.82, 2.24) is 9.97 Å². The van der Waals surface area contributed by atoms with Gasteiger partial charge < -0.3 is 9.47 Å². The van der Waals surface area contributed by atoms with E-state index in [4.69, 9.17) is 9.47 Å². The Kier molecular flexibility index (Phi) is 4.88. The smallest absolute Gasteiger partial charge is 0.392 e. The molecule has 0 amide bonds. The van der Waals surface area contributed by atoms with Crippen molar-refractivity contribution in [3.63, 3.8) is 0 Å². The minimum absolute atomic E-state index is 0.102. The highest BCUT2D eigenvalue weighted by Crippen LogP contribution is 2.35. The van der Waals surface area contributed by atoms with Crippen LogP contribution in [0.3, 0.4) is 0 Å². The highest BCUT2D eigenvalue weighted by Gasteiger charge is 2.27. The van der Waals surface area contributed by atoms with E-state index < -0.39 is 4.92 Å². The molecule has 1 aromatic carbocycles. The van der Waals surface area contributed by atoms with E-state index in [-0.39, 0.29) is 23.6 Å². The molecule has 0 aliphatic heterocycles. The Morgan fingerprint density at radius 2 is 1.82 bits per heavy atom. The van der Waals surface area contributed by atoms with E-state index in [9.17, 15) is 10.1 Å². The molecule has 0 radical (unpaired) electrons. The van der Waals surface area contributed by atoms with Gasteiger partial charge in [0.1, 0.15) is 12.1 Å². The fraction of sp³-hybridized carbons (Fsp3) is 0.333. The third kappa shape index (κ3) is 3.69. The van der Waals surface area contributed by atoms with Crippen molar-refractivity contribution in [2.24, 2.45) is 0 Å². The summed E-state index contributed by atoms with van der Waals surface area (Å²) in [6, 6.07) is 7.28. The molecule has 0 saturated carbocycles. The summed E-state index contributed by atoms with van der Waals surface area (Å²) in [4.78, 5) is 18.3. The molecule has 0 N–H and O–H groups in total. The zero-order chi connectivity index (χ0) is 16.1. The van der Waals surface area contributed by atoms with Gasteiger partial charge >= 0.3 is 17.4 Å². The molecular formula is C15H17N3O4. The van der Waals surface area contributed by atoms with Gasteiger partial charge in [-0.1, -0.05) is 19.1 Å². The maximum absolute atomic E-state index is 11.3. The van der Waals surface area contributed by atoms with Crippen molar-refractivity contribution in [2.75, 3.05) is 0 Å². The fourth-order valence-electron chi connectivity index (χ4n) is 1.79. The van der Waals surface area contributed by atoms with Crippen LogP contribution in [0.5, 0.6) is 17.5 Å². The summed E-state index contributed by atoms with van der Waals surface area (Å²) in [6.45, 7) is 5.56. The molecule has 116 valence electrons. The van der Waals surface area contributed by atoms with E-state index in [0.717, 1.165) is 12.0 Å². The SMILES string of the molecule is CCc1ccc(Oc2ncnc(OC(C)C)c2[N+](=O)[O-])cc1. The second kappa shape index (κ2) is 6.84. The van der Waals surface area contributed by atoms with Gasteiger partial charge in [-0.25, -0.2) is 0 Å². The van der Waals surface area contributed by atoms with Gasteiger partial charge in [-0.2, -0.15) is 9.97 Å². The number of ether oxygens (including phenoxy) is 2. The van der Waals surface area contributed by atoms with Gasteiger partial charge in [0, 0.05) is 0 Å². The van der Waals surface area contributed by atoms with Crippen molar-refractivity contribution in [3.8, 4) is 17.5 Å². The quantitative estimate of drug-likeness (QED) is 0.599. The molecule has 0 aliphatic carbocycles. The van der Waals surface area contributed by atoms with Crippen LogP contribution in [0.2, 0.25) is 0 Å². The van der Waals surface area contributed by atoms with Crippen molar-refractivity contribution in [2.45, 2.75) is 33.3 Å².